The SMILES string of the molecule is Cc1cccc(C(C)C)c1NC(=O)CSc1nc2ccccc2c(=O)n1CCC1=CCCCC1. The topological polar surface area (TPSA) is 64.0 Å². The van der Waals surface area contributed by atoms with Crippen LogP contribution in [-0.2, 0) is 11.3 Å². The highest BCUT2D eigenvalue weighted by atomic mass is 32.2. The minimum atomic E-state index is -0.0925. The highest BCUT2D eigenvalue weighted by molar-refractivity contribution is 7.99. The molecule has 0 radical (unpaired) electrons. The second-order valence-electron chi connectivity index (χ2n) is 9.26. The lowest BCUT2D eigenvalue weighted by Crippen LogP contribution is -2.25. The van der Waals surface area contributed by atoms with Crippen molar-refractivity contribution in [2.45, 2.75) is 70.5 Å². The highest BCUT2D eigenvalue weighted by Crippen LogP contribution is 2.28. The summed E-state index contributed by atoms with van der Waals surface area (Å²) in [4.78, 5) is 31.0. The molecule has 3 aromatic rings. The Bertz CT molecular complexity index is 1280. The Balaban J connectivity index is 1.55. The van der Waals surface area contributed by atoms with E-state index in [-0.39, 0.29) is 17.2 Å². The van der Waals surface area contributed by atoms with Gasteiger partial charge in [-0.1, -0.05) is 67.6 Å². The Morgan fingerprint density at radius 2 is 1.97 bits per heavy atom. The maximum Gasteiger partial charge on any atom is 0.262 e. The molecule has 0 saturated carbocycles. The number of hydrogen-bond donors (Lipinski definition) is 1. The number of fused-ring (bicyclic) bond motifs is 1. The van der Waals surface area contributed by atoms with Gasteiger partial charge in [0.25, 0.3) is 5.56 Å². The quantitative estimate of drug-likeness (QED) is 0.231. The van der Waals surface area contributed by atoms with E-state index in [9.17, 15) is 9.59 Å². The van der Waals surface area contributed by atoms with Crippen molar-refractivity contribution in [1.29, 1.82) is 0 Å². The van der Waals surface area contributed by atoms with E-state index >= 15 is 0 Å². The van der Waals surface area contributed by atoms with Gasteiger partial charge in [0.05, 0.1) is 16.7 Å². The van der Waals surface area contributed by atoms with Gasteiger partial charge in [-0.05, 0) is 68.2 Å². The summed E-state index contributed by atoms with van der Waals surface area (Å²) in [6.45, 7) is 6.84. The number of allylic oxidation sites excluding steroid dienone is 2. The summed E-state index contributed by atoms with van der Waals surface area (Å²) in [5.41, 5.74) is 5.11. The van der Waals surface area contributed by atoms with Crippen molar-refractivity contribution in [3.63, 3.8) is 0 Å². The third-order valence-electron chi connectivity index (χ3n) is 6.39. The number of rotatable bonds is 8. The van der Waals surface area contributed by atoms with Crippen LogP contribution in [0.4, 0.5) is 5.69 Å². The first kappa shape index (κ1) is 24.3. The van der Waals surface area contributed by atoms with Crippen LogP contribution in [0.25, 0.3) is 10.9 Å². The van der Waals surface area contributed by atoms with Crippen LogP contribution in [0, 0.1) is 6.92 Å². The van der Waals surface area contributed by atoms with Crippen molar-refractivity contribution in [3.8, 4) is 0 Å². The molecule has 0 saturated heterocycles. The molecule has 1 aliphatic rings. The van der Waals surface area contributed by atoms with E-state index in [0.29, 0.717) is 28.5 Å². The van der Waals surface area contributed by atoms with Crippen molar-refractivity contribution >= 4 is 34.3 Å². The van der Waals surface area contributed by atoms with Gasteiger partial charge in [0.15, 0.2) is 5.16 Å². The Morgan fingerprint density at radius 1 is 1.15 bits per heavy atom. The van der Waals surface area contributed by atoms with E-state index in [1.54, 1.807) is 4.57 Å². The molecule has 1 aliphatic carbocycles. The molecule has 34 heavy (non-hydrogen) atoms. The van der Waals surface area contributed by atoms with E-state index < -0.39 is 0 Å². The van der Waals surface area contributed by atoms with Crippen LogP contribution in [0.5, 0.6) is 0 Å². The van der Waals surface area contributed by atoms with Crippen LogP contribution < -0.4 is 10.9 Å². The van der Waals surface area contributed by atoms with E-state index in [4.69, 9.17) is 4.98 Å². The molecule has 1 heterocycles. The third-order valence-corrected chi connectivity index (χ3v) is 7.37. The number of para-hydroxylation sites is 2. The normalized spacial score (nSPS) is 13.8. The Labute approximate surface area is 205 Å². The molecular formula is C28H33N3O2S. The molecule has 0 aliphatic heterocycles. The first-order valence-corrected chi connectivity index (χ1v) is 13.1. The van der Waals surface area contributed by atoms with Crippen molar-refractivity contribution in [2.75, 3.05) is 11.1 Å². The third kappa shape index (κ3) is 5.61. The van der Waals surface area contributed by atoms with Gasteiger partial charge in [-0.25, -0.2) is 4.98 Å². The fourth-order valence-electron chi connectivity index (χ4n) is 4.49. The molecule has 0 spiro atoms. The molecule has 178 valence electrons. The molecule has 2 aromatic carbocycles. The van der Waals surface area contributed by atoms with Crippen molar-refractivity contribution in [3.05, 3.63) is 75.6 Å². The number of aromatic nitrogens is 2. The van der Waals surface area contributed by atoms with Gasteiger partial charge in [-0.2, -0.15) is 0 Å². The number of carbonyl (C=O) groups excluding carboxylic acids is 1. The van der Waals surface area contributed by atoms with E-state index in [1.165, 1.54) is 30.2 Å². The van der Waals surface area contributed by atoms with Crippen LogP contribution in [0.1, 0.15) is 63.0 Å². The first-order chi connectivity index (χ1) is 16.4. The smallest absolute Gasteiger partial charge is 0.262 e. The van der Waals surface area contributed by atoms with Crippen molar-refractivity contribution in [1.82, 2.24) is 9.55 Å². The summed E-state index contributed by atoms with van der Waals surface area (Å²) < 4.78 is 1.75. The van der Waals surface area contributed by atoms with Gasteiger partial charge in [0, 0.05) is 12.2 Å². The molecule has 0 bridgehead atoms. The van der Waals surface area contributed by atoms with Gasteiger partial charge in [0.1, 0.15) is 0 Å². The lowest BCUT2D eigenvalue weighted by atomic mass is 9.97. The van der Waals surface area contributed by atoms with Gasteiger partial charge in [0.2, 0.25) is 5.91 Å². The Kier molecular flexibility index (Phi) is 7.88. The average Bonchev–Trinajstić information content (AvgIpc) is 2.84. The summed E-state index contributed by atoms with van der Waals surface area (Å²) in [5.74, 6) is 0.411. The fraction of sp³-hybridized carbons (Fsp3) is 0.393. The Hall–Kier alpha value is -2.86. The van der Waals surface area contributed by atoms with Crippen molar-refractivity contribution < 1.29 is 4.79 Å². The number of benzene rings is 2. The lowest BCUT2D eigenvalue weighted by Gasteiger charge is -2.17. The van der Waals surface area contributed by atoms with Crippen LogP contribution in [0.3, 0.4) is 0 Å². The molecule has 1 aromatic heterocycles. The summed E-state index contributed by atoms with van der Waals surface area (Å²) in [6.07, 6.45) is 7.86. The summed E-state index contributed by atoms with van der Waals surface area (Å²) in [5, 5.41) is 4.32. The Morgan fingerprint density at radius 3 is 2.74 bits per heavy atom. The molecule has 1 N–H and O–H groups in total. The molecule has 0 atom stereocenters. The minimum Gasteiger partial charge on any atom is -0.325 e. The van der Waals surface area contributed by atoms with E-state index in [2.05, 4.69) is 31.3 Å². The molecule has 0 fully saturated rings. The molecule has 0 unspecified atom stereocenters. The predicted octanol–water partition coefficient (Wildman–Crippen LogP) is 6.45. The van der Waals surface area contributed by atoms with Gasteiger partial charge in [-0.3, -0.25) is 14.2 Å². The maximum absolute atomic E-state index is 13.3. The van der Waals surface area contributed by atoms with E-state index in [1.807, 2.05) is 43.3 Å². The fourth-order valence-corrected chi connectivity index (χ4v) is 5.32. The summed E-state index contributed by atoms with van der Waals surface area (Å²) >= 11 is 1.33. The highest BCUT2D eigenvalue weighted by Gasteiger charge is 2.16. The number of aryl methyl sites for hydroxylation is 1. The number of carbonyl (C=O) groups is 1. The van der Waals surface area contributed by atoms with Gasteiger partial charge >= 0.3 is 0 Å². The second-order valence-corrected chi connectivity index (χ2v) is 10.2. The number of amides is 1. The molecule has 1 amide bonds. The number of hydrogen-bond acceptors (Lipinski definition) is 4. The monoisotopic (exact) mass is 475 g/mol. The molecule has 4 rings (SSSR count). The lowest BCUT2D eigenvalue weighted by molar-refractivity contribution is -0.113. The number of nitrogens with one attached hydrogen (secondary N) is 1. The maximum atomic E-state index is 13.3. The largest absolute Gasteiger partial charge is 0.325 e. The average molecular weight is 476 g/mol. The van der Waals surface area contributed by atoms with Crippen molar-refractivity contribution in [2.24, 2.45) is 0 Å². The summed E-state index contributed by atoms with van der Waals surface area (Å²) in [7, 11) is 0. The molecule has 6 heteroatoms. The summed E-state index contributed by atoms with van der Waals surface area (Å²) in [6, 6.07) is 13.5. The second kappa shape index (κ2) is 11.0. The zero-order chi connectivity index (χ0) is 24.1. The molecule has 5 nitrogen and oxygen atoms in total. The first-order valence-electron chi connectivity index (χ1n) is 12.1. The predicted molar refractivity (Wildman–Crippen MR) is 142 cm³/mol. The van der Waals surface area contributed by atoms with E-state index in [0.717, 1.165) is 36.1 Å². The number of anilines is 1. The van der Waals surface area contributed by atoms with Crippen LogP contribution in [-0.4, -0.2) is 21.2 Å². The zero-order valence-corrected chi connectivity index (χ0v) is 21.1. The van der Waals surface area contributed by atoms with Crippen LogP contribution in [0.15, 0.2) is 64.1 Å². The van der Waals surface area contributed by atoms with Crippen LogP contribution >= 0.6 is 11.8 Å². The van der Waals surface area contributed by atoms with Crippen LogP contribution in [0.2, 0.25) is 0 Å². The minimum absolute atomic E-state index is 0.0362. The molecular weight excluding hydrogens is 442 g/mol. The van der Waals surface area contributed by atoms with Gasteiger partial charge < -0.3 is 5.32 Å². The number of thioether (sulfide) groups is 1. The standard InChI is InChI=1S/C28H33N3O2S/c1-19(2)22-14-9-10-20(3)26(22)30-25(32)18-34-28-29-24-15-8-7-13-23(24)27(33)31(28)17-16-21-11-5-4-6-12-21/h7-11,13-15,19H,4-6,12,16-18H2,1-3H3,(H,30,32). The van der Waals surface area contributed by atoms with Gasteiger partial charge in [-0.15, -0.1) is 0 Å². The zero-order valence-electron chi connectivity index (χ0n) is 20.3. The number of nitrogens with zero attached hydrogens (tertiary/aromatic N) is 2.